The molecule has 0 spiro atoms. The molecule has 2 rings (SSSR count). The first-order valence-corrected chi connectivity index (χ1v) is 6.79. The van der Waals surface area contributed by atoms with Crippen LogP contribution in [0.2, 0.25) is 0 Å². The lowest BCUT2D eigenvalue weighted by Gasteiger charge is -2.23. The number of para-hydroxylation sites is 1. The van der Waals surface area contributed by atoms with Crippen LogP contribution < -0.4 is 10.2 Å². The standard InChI is InChI=1S/C15H22N2O/c1-3-17(14-7-5-4-6-12(14)2)15(18)11-16-10-13-8-9-13/h4-7,13,16H,3,8-11H2,1-2H3. The van der Waals surface area contributed by atoms with Gasteiger partial charge in [-0.2, -0.15) is 0 Å². The Morgan fingerprint density at radius 3 is 2.72 bits per heavy atom. The van der Waals surface area contributed by atoms with Gasteiger partial charge < -0.3 is 10.2 Å². The van der Waals surface area contributed by atoms with Gasteiger partial charge in [0.05, 0.1) is 6.54 Å². The quantitative estimate of drug-likeness (QED) is 0.835. The molecule has 3 nitrogen and oxygen atoms in total. The topological polar surface area (TPSA) is 32.3 Å². The summed E-state index contributed by atoms with van der Waals surface area (Å²) in [6.45, 7) is 6.21. The summed E-state index contributed by atoms with van der Waals surface area (Å²) in [4.78, 5) is 14.0. The Hall–Kier alpha value is -1.35. The van der Waals surface area contributed by atoms with Crippen molar-refractivity contribution in [2.45, 2.75) is 26.7 Å². The van der Waals surface area contributed by atoms with Crippen LogP contribution in [0.3, 0.4) is 0 Å². The number of hydrogen-bond donors (Lipinski definition) is 1. The highest BCUT2D eigenvalue weighted by Crippen LogP contribution is 2.27. The molecule has 0 heterocycles. The number of amides is 1. The molecule has 0 atom stereocenters. The highest BCUT2D eigenvalue weighted by atomic mass is 16.2. The van der Waals surface area contributed by atoms with Gasteiger partial charge in [-0.1, -0.05) is 18.2 Å². The third-order valence-electron chi connectivity index (χ3n) is 3.43. The lowest BCUT2D eigenvalue weighted by Crippen LogP contribution is -2.39. The largest absolute Gasteiger partial charge is 0.311 e. The first-order valence-electron chi connectivity index (χ1n) is 6.79. The Balaban J connectivity index is 1.94. The first kappa shape index (κ1) is 13.1. The summed E-state index contributed by atoms with van der Waals surface area (Å²) < 4.78 is 0. The number of carbonyl (C=O) groups is 1. The fourth-order valence-electron chi connectivity index (χ4n) is 2.15. The van der Waals surface area contributed by atoms with E-state index in [1.54, 1.807) is 0 Å². The minimum absolute atomic E-state index is 0.160. The van der Waals surface area contributed by atoms with Gasteiger partial charge in [0.25, 0.3) is 0 Å². The number of aryl methyl sites for hydroxylation is 1. The Labute approximate surface area is 109 Å². The molecule has 0 aromatic heterocycles. The number of nitrogens with one attached hydrogen (secondary N) is 1. The molecule has 1 N–H and O–H groups in total. The van der Waals surface area contributed by atoms with Crippen molar-refractivity contribution in [1.29, 1.82) is 0 Å². The van der Waals surface area contributed by atoms with Gasteiger partial charge in [-0.25, -0.2) is 0 Å². The Kier molecular flexibility index (Phi) is 4.37. The van der Waals surface area contributed by atoms with Gasteiger partial charge in [0, 0.05) is 12.2 Å². The maximum Gasteiger partial charge on any atom is 0.240 e. The maximum atomic E-state index is 12.2. The number of carbonyl (C=O) groups excluding carboxylic acids is 1. The van der Waals surface area contributed by atoms with Crippen LogP contribution in [-0.4, -0.2) is 25.5 Å². The Morgan fingerprint density at radius 1 is 1.39 bits per heavy atom. The molecule has 1 fully saturated rings. The van der Waals surface area contributed by atoms with E-state index in [-0.39, 0.29) is 5.91 Å². The molecule has 1 aromatic rings. The molecule has 1 amide bonds. The summed E-state index contributed by atoms with van der Waals surface area (Å²) in [5.41, 5.74) is 2.17. The van der Waals surface area contributed by atoms with Crippen LogP contribution in [0.25, 0.3) is 0 Å². The van der Waals surface area contributed by atoms with Crippen LogP contribution in [0, 0.1) is 12.8 Å². The highest BCUT2D eigenvalue weighted by molar-refractivity contribution is 5.95. The molecule has 98 valence electrons. The normalized spacial score (nSPS) is 14.6. The average molecular weight is 246 g/mol. The number of rotatable bonds is 6. The fraction of sp³-hybridized carbons (Fsp3) is 0.533. The number of hydrogen-bond acceptors (Lipinski definition) is 2. The smallest absolute Gasteiger partial charge is 0.240 e. The predicted molar refractivity (Wildman–Crippen MR) is 74.8 cm³/mol. The number of anilines is 1. The molecule has 1 aliphatic carbocycles. The van der Waals surface area contributed by atoms with Crippen molar-refractivity contribution in [3.8, 4) is 0 Å². The zero-order valence-corrected chi connectivity index (χ0v) is 11.3. The fourth-order valence-corrected chi connectivity index (χ4v) is 2.15. The van der Waals surface area contributed by atoms with E-state index < -0.39 is 0 Å². The van der Waals surface area contributed by atoms with Gasteiger partial charge in [0.1, 0.15) is 0 Å². The Morgan fingerprint density at radius 2 is 2.11 bits per heavy atom. The molecule has 3 heteroatoms. The van der Waals surface area contributed by atoms with E-state index in [0.717, 1.165) is 30.3 Å². The third-order valence-corrected chi connectivity index (χ3v) is 3.43. The summed E-state index contributed by atoms with van der Waals surface area (Å²) >= 11 is 0. The number of nitrogens with zero attached hydrogens (tertiary/aromatic N) is 1. The van der Waals surface area contributed by atoms with Crippen molar-refractivity contribution in [1.82, 2.24) is 5.32 Å². The summed E-state index contributed by atoms with van der Waals surface area (Å²) in [5.74, 6) is 0.971. The van der Waals surface area contributed by atoms with Crippen LogP contribution >= 0.6 is 0 Å². The molecule has 18 heavy (non-hydrogen) atoms. The summed E-state index contributed by atoms with van der Waals surface area (Å²) in [5, 5.41) is 3.26. The monoisotopic (exact) mass is 246 g/mol. The second-order valence-electron chi connectivity index (χ2n) is 5.00. The molecule has 0 unspecified atom stereocenters. The van der Waals surface area contributed by atoms with Gasteiger partial charge in [0.2, 0.25) is 5.91 Å². The maximum absolute atomic E-state index is 12.2. The van der Waals surface area contributed by atoms with Gasteiger partial charge in [-0.3, -0.25) is 4.79 Å². The van der Waals surface area contributed by atoms with Gasteiger partial charge in [-0.15, -0.1) is 0 Å². The van der Waals surface area contributed by atoms with Crippen LogP contribution in [0.5, 0.6) is 0 Å². The van der Waals surface area contributed by atoms with E-state index >= 15 is 0 Å². The van der Waals surface area contributed by atoms with E-state index in [1.807, 2.05) is 43.0 Å². The zero-order chi connectivity index (χ0) is 13.0. The molecule has 1 aliphatic rings. The molecular formula is C15H22N2O. The lowest BCUT2D eigenvalue weighted by atomic mass is 10.2. The van der Waals surface area contributed by atoms with Crippen LogP contribution in [0.1, 0.15) is 25.3 Å². The second kappa shape index (κ2) is 6.01. The highest BCUT2D eigenvalue weighted by Gasteiger charge is 2.21. The predicted octanol–water partition coefficient (Wildman–Crippen LogP) is 2.35. The van der Waals surface area contributed by atoms with Gasteiger partial charge >= 0.3 is 0 Å². The van der Waals surface area contributed by atoms with E-state index in [0.29, 0.717) is 6.54 Å². The minimum Gasteiger partial charge on any atom is -0.311 e. The minimum atomic E-state index is 0.160. The zero-order valence-electron chi connectivity index (χ0n) is 11.3. The van der Waals surface area contributed by atoms with E-state index in [9.17, 15) is 4.79 Å². The summed E-state index contributed by atoms with van der Waals surface area (Å²) in [7, 11) is 0. The molecule has 0 aliphatic heterocycles. The molecule has 0 radical (unpaired) electrons. The van der Waals surface area contributed by atoms with Crippen molar-refractivity contribution < 1.29 is 4.79 Å². The SMILES string of the molecule is CCN(C(=O)CNCC1CC1)c1ccccc1C. The van der Waals surface area contributed by atoms with Crippen molar-refractivity contribution in [2.75, 3.05) is 24.5 Å². The van der Waals surface area contributed by atoms with Gasteiger partial charge in [0.15, 0.2) is 0 Å². The van der Waals surface area contributed by atoms with E-state index in [4.69, 9.17) is 0 Å². The molecule has 0 bridgehead atoms. The van der Waals surface area contributed by atoms with Crippen molar-refractivity contribution >= 4 is 11.6 Å². The lowest BCUT2D eigenvalue weighted by molar-refractivity contribution is -0.117. The molecule has 1 saturated carbocycles. The number of benzene rings is 1. The van der Waals surface area contributed by atoms with Crippen LogP contribution in [-0.2, 0) is 4.79 Å². The molecule has 0 saturated heterocycles. The molecular weight excluding hydrogens is 224 g/mol. The third kappa shape index (κ3) is 3.33. The summed E-state index contributed by atoms with van der Waals surface area (Å²) in [6.07, 6.45) is 2.63. The van der Waals surface area contributed by atoms with Crippen molar-refractivity contribution in [3.63, 3.8) is 0 Å². The Bertz CT molecular complexity index is 413. The molecule has 1 aromatic carbocycles. The average Bonchev–Trinajstić information content (AvgIpc) is 3.16. The van der Waals surface area contributed by atoms with Crippen LogP contribution in [0.4, 0.5) is 5.69 Å². The van der Waals surface area contributed by atoms with Crippen molar-refractivity contribution in [3.05, 3.63) is 29.8 Å². The summed E-state index contributed by atoms with van der Waals surface area (Å²) in [6, 6.07) is 8.04. The first-order chi connectivity index (χ1) is 8.72. The van der Waals surface area contributed by atoms with E-state index in [2.05, 4.69) is 5.32 Å². The van der Waals surface area contributed by atoms with Crippen LogP contribution in [0.15, 0.2) is 24.3 Å². The number of likely N-dealkylation sites (N-methyl/N-ethyl adjacent to an activating group) is 1. The second-order valence-corrected chi connectivity index (χ2v) is 5.00. The van der Waals surface area contributed by atoms with E-state index in [1.165, 1.54) is 12.8 Å². The van der Waals surface area contributed by atoms with Gasteiger partial charge in [-0.05, 0) is 50.8 Å². The van der Waals surface area contributed by atoms with Crippen molar-refractivity contribution in [2.24, 2.45) is 5.92 Å².